The van der Waals surface area contributed by atoms with Crippen LogP contribution in [-0.4, -0.2) is 20.2 Å². The van der Waals surface area contributed by atoms with Gasteiger partial charge >= 0.3 is 0 Å². The van der Waals surface area contributed by atoms with Crippen LogP contribution in [0.15, 0.2) is 29.0 Å². The highest BCUT2D eigenvalue weighted by Gasteiger charge is 2.14. The number of halogens is 1. The first-order chi connectivity index (χ1) is 9.16. The van der Waals surface area contributed by atoms with Crippen LogP contribution in [0.4, 0.5) is 10.1 Å². The molecule has 3 aromatic rings. The smallest absolute Gasteiger partial charge is 0.187 e. The molecule has 0 aliphatic heterocycles. The van der Waals surface area contributed by atoms with Gasteiger partial charge in [0.25, 0.3) is 0 Å². The molecule has 7 heteroatoms. The van der Waals surface area contributed by atoms with Gasteiger partial charge in [0.2, 0.25) is 0 Å². The first-order valence-corrected chi connectivity index (χ1v) is 6.48. The first kappa shape index (κ1) is 11.8. The molecule has 2 N–H and O–H groups in total. The highest BCUT2D eigenvalue weighted by atomic mass is 32.1. The molecule has 5 nitrogen and oxygen atoms in total. The van der Waals surface area contributed by atoms with Crippen molar-refractivity contribution in [1.82, 2.24) is 20.2 Å². The lowest BCUT2D eigenvalue weighted by atomic mass is 10.1. The van der Waals surface area contributed by atoms with Crippen LogP contribution in [-0.2, 0) is 0 Å². The lowest BCUT2D eigenvalue weighted by Gasteiger charge is -2.06. The Labute approximate surface area is 112 Å². The maximum Gasteiger partial charge on any atom is 0.187 e. The zero-order valence-electron chi connectivity index (χ0n) is 10.0. The molecule has 0 spiro atoms. The molecule has 0 atom stereocenters. The van der Waals surface area contributed by atoms with Gasteiger partial charge in [-0.05, 0) is 40.9 Å². The minimum atomic E-state index is -0.366. The molecule has 0 fully saturated rings. The second-order valence-electron chi connectivity index (χ2n) is 4.07. The van der Waals surface area contributed by atoms with Gasteiger partial charge < -0.3 is 5.73 Å². The van der Waals surface area contributed by atoms with E-state index >= 15 is 0 Å². The van der Waals surface area contributed by atoms with E-state index in [0.29, 0.717) is 22.6 Å². The molecule has 1 aromatic carbocycles. The van der Waals surface area contributed by atoms with E-state index in [1.807, 2.05) is 16.8 Å². The standard InChI is InChI=1S/C12H10FN5S/c1-7-10(13)4-8(5-11(7)14)12-15-16-17-18(12)9-2-3-19-6-9/h2-6H,14H2,1H3. The third-order valence-corrected chi connectivity index (χ3v) is 3.53. The molecule has 0 aliphatic rings. The monoisotopic (exact) mass is 275 g/mol. The molecule has 3 rings (SSSR count). The molecule has 96 valence electrons. The van der Waals surface area contributed by atoms with Gasteiger partial charge in [0.1, 0.15) is 5.82 Å². The number of nitrogen functional groups attached to an aromatic ring is 1. The first-order valence-electron chi connectivity index (χ1n) is 5.54. The Balaban J connectivity index is 2.16. The van der Waals surface area contributed by atoms with Crippen molar-refractivity contribution in [2.24, 2.45) is 0 Å². The van der Waals surface area contributed by atoms with Gasteiger partial charge in [-0.3, -0.25) is 0 Å². The van der Waals surface area contributed by atoms with Gasteiger partial charge in [0.15, 0.2) is 5.82 Å². The lowest BCUT2D eigenvalue weighted by molar-refractivity contribution is 0.619. The summed E-state index contributed by atoms with van der Waals surface area (Å²) in [6, 6.07) is 4.95. The van der Waals surface area contributed by atoms with E-state index in [2.05, 4.69) is 15.5 Å². The van der Waals surface area contributed by atoms with Crippen LogP contribution in [0.1, 0.15) is 5.56 Å². The van der Waals surface area contributed by atoms with Crippen molar-refractivity contribution in [1.29, 1.82) is 0 Å². The minimum Gasteiger partial charge on any atom is -0.398 e. The fourth-order valence-corrected chi connectivity index (χ4v) is 2.36. The number of anilines is 1. The number of thiophene rings is 1. The normalized spacial score (nSPS) is 10.8. The number of benzene rings is 1. The summed E-state index contributed by atoms with van der Waals surface area (Å²) in [5.41, 5.74) is 7.98. The van der Waals surface area contributed by atoms with E-state index in [4.69, 9.17) is 5.73 Å². The molecule has 0 amide bonds. The Morgan fingerprint density at radius 2 is 2.21 bits per heavy atom. The van der Waals surface area contributed by atoms with E-state index < -0.39 is 0 Å². The van der Waals surface area contributed by atoms with E-state index in [9.17, 15) is 4.39 Å². The van der Waals surface area contributed by atoms with Crippen molar-refractivity contribution in [3.63, 3.8) is 0 Å². The van der Waals surface area contributed by atoms with Crippen LogP contribution in [0, 0.1) is 12.7 Å². The maximum absolute atomic E-state index is 13.8. The topological polar surface area (TPSA) is 69.6 Å². The second-order valence-corrected chi connectivity index (χ2v) is 4.85. The number of hydrogen-bond acceptors (Lipinski definition) is 5. The average molecular weight is 275 g/mol. The molecule has 0 radical (unpaired) electrons. The molecule has 19 heavy (non-hydrogen) atoms. The zero-order valence-corrected chi connectivity index (χ0v) is 10.9. The van der Waals surface area contributed by atoms with Crippen molar-refractivity contribution < 1.29 is 4.39 Å². The zero-order chi connectivity index (χ0) is 13.4. The Bertz CT molecular complexity index is 697. The van der Waals surface area contributed by atoms with Crippen LogP contribution < -0.4 is 5.73 Å². The van der Waals surface area contributed by atoms with Crippen molar-refractivity contribution in [2.75, 3.05) is 5.73 Å². The van der Waals surface area contributed by atoms with Crippen LogP contribution >= 0.6 is 11.3 Å². The summed E-state index contributed by atoms with van der Waals surface area (Å²) in [6.07, 6.45) is 0. The Hall–Kier alpha value is -2.28. The SMILES string of the molecule is Cc1c(N)cc(-c2nnnn2-c2ccsc2)cc1F. The molecular formula is C12H10FN5S. The summed E-state index contributed by atoms with van der Waals surface area (Å²) in [6.45, 7) is 1.64. The third-order valence-electron chi connectivity index (χ3n) is 2.86. The maximum atomic E-state index is 13.8. The summed E-state index contributed by atoms with van der Waals surface area (Å²) in [7, 11) is 0. The fourth-order valence-electron chi connectivity index (χ4n) is 1.75. The molecule has 0 aliphatic carbocycles. The van der Waals surface area contributed by atoms with E-state index in [1.165, 1.54) is 17.4 Å². The molecule has 2 aromatic heterocycles. The van der Waals surface area contributed by atoms with Gasteiger partial charge in [0.05, 0.1) is 5.69 Å². The molecule has 0 bridgehead atoms. The van der Waals surface area contributed by atoms with Crippen LogP contribution in [0.5, 0.6) is 0 Å². The van der Waals surface area contributed by atoms with Crippen molar-refractivity contribution in [3.05, 3.63) is 40.3 Å². The summed E-state index contributed by atoms with van der Waals surface area (Å²) in [4.78, 5) is 0. The van der Waals surface area contributed by atoms with Gasteiger partial charge in [-0.1, -0.05) is 0 Å². The largest absolute Gasteiger partial charge is 0.398 e. The van der Waals surface area contributed by atoms with E-state index in [0.717, 1.165) is 5.69 Å². The summed E-state index contributed by atoms with van der Waals surface area (Å²) in [5, 5.41) is 15.3. The van der Waals surface area contributed by atoms with Crippen LogP contribution in [0.3, 0.4) is 0 Å². The molecule has 2 heterocycles. The average Bonchev–Trinajstić information content (AvgIpc) is 3.04. The molecule has 0 unspecified atom stereocenters. The quantitative estimate of drug-likeness (QED) is 0.729. The van der Waals surface area contributed by atoms with E-state index in [-0.39, 0.29) is 5.82 Å². The predicted octanol–water partition coefficient (Wildman–Crippen LogP) is 2.42. The Morgan fingerprint density at radius 3 is 2.89 bits per heavy atom. The number of nitrogens with zero attached hydrogens (tertiary/aromatic N) is 4. The van der Waals surface area contributed by atoms with Crippen molar-refractivity contribution >= 4 is 17.0 Å². The third kappa shape index (κ3) is 1.97. The predicted molar refractivity (Wildman–Crippen MR) is 71.6 cm³/mol. The van der Waals surface area contributed by atoms with Gasteiger partial charge in [-0.2, -0.15) is 16.0 Å². The lowest BCUT2D eigenvalue weighted by Crippen LogP contribution is -2.00. The Kier molecular flexibility index (Phi) is 2.75. The van der Waals surface area contributed by atoms with Gasteiger partial charge in [-0.25, -0.2) is 4.39 Å². The van der Waals surface area contributed by atoms with Gasteiger partial charge in [-0.15, -0.1) is 5.10 Å². The number of rotatable bonds is 2. The van der Waals surface area contributed by atoms with Crippen LogP contribution in [0.2, 0.25) is 0 Å². The number of tetrazole rings is 1. The molecule has 0 saturated heterocycles. The van der Waals surface area contributed by atoms with Crippen molar-refractivity contribution in [3.8, 4) is 17.1 Å². The fraction of sp³-hybridized carbons (Fsp3) is 0.0833. The second kappa shape index (κ2) is 4.43. The number of nitrogens with two attached hydrogens (primary N) is 1. The van der Waals surface area contributed by atoms with Gasteiger partial charge in [0, 0.05) is 22.2 Å². The highest BCUT2D eigenvalue weighted by molar-refractivity contribution is 7.08. The van der Waals surface area contributed by atoms with E-state index in [1.54, 1.807) is 17.7 Å². The minimum absolute atomic E-state index is 0.366. The summed E-state index contributed by atoms with van der Waals surface area (Å²) >= 11 is 1.54. The van der Waals surface area contributed by atoms with Crippen LogP contribution in [0.25, 0.3) is 17.1 Å². The molecular weight excluding hydrogens is 265 g/mol. The number of aromatic nitrogens is 4. The summed E-state index contributed by atoms with van der Waals surface area (Å²) in [5.74, 6) is 0.0962. The summed E-state index contributed by atoms with van der Waals surface area (Å²) < 4.78 is 15.3. The highest BCUT2D eigenvalue weighted by Crippen LogP contribution is 2.26. The Morgan fingerprint density at radius 1 is 1.37 bits per heavy atom. The van der Waals surface area contributed by atoms with Crippen molar-refractivity contribution in [2.45, 2.75) is 6.92 Å². The number of hydrogen-bond donors (Lipinski definition) is 1. The molecule has 0 saturated carbocycles.